The maximum absolute atomic E-state index is 12.4. The molecule has 0 bridgehead atoms. The Morgan fingerprint density at radius 2 is 2.21 bits per heavy atom. The molecule has 1 saturated heterocycles. The Balaban J connectivity index is 1.73. The van der Waals surface area contributed by atoms with E-state index >= 15 is 0 Å². The number of benzene rings is 1. The van der Waals surface area contributed by atoms with Crippen LogP contribution in [0.1, 0.15) is 6.92 Å². The lowest BCUT2D eigenvalue weighted by atomic mass is 10.2. The number of fused-ring (bicyclic) bond motifs is 1. The lowest BCUT2D eigenvalue weighted by Crippen LogP contribution is -2.47. The molecule has 1 amide bonds. The Kier molecular flexibility index (Phi) is 4.97. The van der Waals surface area contributed by atoms with Gasteiger partial charge < -0.3 is 15.0 Å². The number of amides is 1. The molecule has 1 N–H and O–H groups in total. The van der Waals surface area contributed by atoms with Gasteiger partial charge in [-0.2, -0.15) is 0 Å². The van der Waals surface area contributed by atoms with Crippen molar-refractivity contribution in [2.75, 3.05) is 50.6 Å². The number of anilines is 2. The molecule has 1 fully saturated rings. The van der Waals surface area contributed by atoms with Crippen molar-refractivity contribution in [1.29, 1.82) is 0 Å². The molecule has 1 atom stereocenters. The standard InChI is InChI=1S/C18H24N4O2/c1-4-22-9-10-24-16(12-22)18(23)19-14-6-7-15-13(11-14)5-8-17(20-15)21(2)3/h5-8,11,16H,4,9-10,12H2,1-3H3,(H,19,23). The zero-order valence-corrected chi connectivity index (χ0v) is 14.5. The summed E-state index contributed by atoms with van der Waals surface area (Å²) in [7, 11) is 3.93. The molecule has 1 aliphatic heterocycles. The molecule has 1 aromatic carbocycles. The number of hydrogen-bond donors (Lipinski definition) is 1. The van der Waals surface area contributed by atoms with Crippen LogP contribution in [-0.2, 0) is 9.53 Å². The number of ether oxygens (including phenoxy) is 1. The normalized spacial score (nSPS) is 18.5. The van der Waals surface area contributed by atoms with Crippen LogP contribution >= 0.6 is 0 Å². The number of likely N-dealkylation sites (N-methyl/N-ethyl adjacent to an activating group) is 1. The Hall–Kier alpha value is -2.18. The van der Waals surface area contributed by atoms with Gasteiger partial charge in [0.15, 0.2) is 0 Å². The number of hydrogen-bond acceptors (Lipinski definition) is 5. The summed E-state index contributed by atoms with van der Waals surface area (Å²) in [5.74, 6) is 0.819. The summed E-state index contributed by atoms with van der Waals surface area (Å²) in [5.41, 5.74) is 1.68. The molecule has 0 spiro atoms. The Morgan fingerprint density at radius 3 is 2.96 bits per heavy atom. The van der Waals surface area contributed by atoms with Gasteiger partial charge in [-0.25, -0.2) is 4.98 Å². The number of nitrogens with zero attached hydrogens (tertiary/aromatic N) is 3. The number of pyridine rings is 1. The Labute approximate surface area is 142 Å². The molecular weight excluding hydrogens is 304 g/mol. The molecule has 2 heterocycles. The third-order valence-corrected chi connectivity index (χ3v) is 4.29. The summed E-state index contributed by atoms with van der Waals surface area (Å²) in [4.78, 5) is 21.2. The second kappa shape index (κ2) is 7.15. The van der Waals surface area contributed by atoms with Crippen LogP contribution in [0.4, 0.5) is 11.5 Å². The van der Waals surface area contributed by atoms with Crippen LogP contribution in [0.5, 0.6) is 0 Å². The third-order valence-electron chi connectivity index (χ3n) is 4.29. The highest BCUT2D eigenvalue weighted by Gasteiger charge is 2.25. The zero-order valence-electron chi connectivity index (χ0n) is 14.5. The van der Waals surface area contributed by atoms with E-state index in [1.54, 1.807) is 0 Å². The highest BCUT2D eigenvalue weighted by molar-refractivity contribution is 5.96. The average Bonchev–Trinajstić information content (AvgIpc) is 2.61. The molecule has 1 aliphatic rings. The Bertz CT molecular complexity index is 732. The first-order chi connectivity index (χ1) is 11.6. The van der Waals surface area contributed by atoms with Crippen molar-refractivity contribution < 1.29 is 9.53 Å². The van der Waals surface area contributed by atoms with Crippen LogP contribution in [0, 0.1) is 0 Å². The minimum absolute atomic E-state index is 0.0922. The van der Waals surface area contributed by atoms with E-state index in [4.69, 9.17) is 4.74 Å². The monoisotopic (exact) mass is 328 g/mol. The lowest BCUT2D eigenvalue weighted by molar-refractivity contribution is -0.132. The van der Waals surface area contributed by atoms with Gasteiger partial charge in [0.2, 0.25) is 0 Å². The van der Waals surface area contributed by atoms with E-state index in [0.29, 0.717) is 13.2 Å². The number of morpholine rings is 1. The van der Waals surface area contributed by atoms with Crippen molar-refractivity contribution in [3.63, 3.8) is 0 Å². The van der Waals surface area contributed by atoms with Gasteiger partial charge in [0.1, 0.15) is 11.9 Å². The van der Waals surface area contributed by atoms with Crippen molar-refractivity contribution in [2.24, 2.45) is 0 Å². The quantitative estimate of drug-likeness (QED) is 0.930. The van der Waals surface area contributed by atoms with Crippen molar-refractivity contribution in [1.82, 2.24) is 9.88 Å². The van der Waals surface area contributed by atoms with Crippen LogP contribution in [0.15, 0.2) is 30.3 Å². The van der Waals surface area contributed by atoms with Crippen LogP contribution in [-0.4, -0.2) is 62.2 Å². The van der Waals surface area contributed by atoms with Gasteiger partial charge in [-0.05, 0) is 36.9 Å². The van der Waals surface area contributed by atoms with Gasteiger partial charge in [-0.1, -0.05) is 6.92 Å². The zero-order chi connectivity index (χ0) is 17.1. The summed E-state index contributed by atoms with van der Waals surface area (Å²) in [5, 5.41) is 3.96. The SMILES string of the molecule is CCN1CCOC(C(=O)Nc2ccc3nc(N(C)C)ccc3c2)C1. The van der Waals surface area contributed by atoms with Gasteiger partial charge in [0.05, 0.1) is 12.1 Å². The maximum atomic E-state index is 12.4. The highest BCUT2D eigenvalue weighted by atomic mass is 16.5. The molecule has 3 rings (SSSR count). The summed E-state index contributed by atoms with van der Waals surface area (Å²) in [6.45, 7) is 5.16. The van der Waals surface area contributed by atoms with Crippen LogP contribution in [0.2, 0.25) is 0 Å². The first-order valence-electron chi connectivity index (χ1n) is 8.30. The second-order valence-corrected chi connectivity index (χ2v) is 6.21. The topological polar surface area (TPSA) is 57.7 Å². The van der Waals surface area contributed by atoms with Crippen molar-refractivity contribution in [2.45, 2.75) is 13.0 Å². The molecule has 0 saturated carbocycles. The first-order valence-corrected chi connectivity index (χ1v) is 8.30. The number of carbonyl (C=O) groups excluding carboxylic acids is 1. The molecule has 6 heteroatoms. The number of nitrogens with one attached hydrogen (secondary N) is 1. The summed E-state index contributed by atoms with van der Waals surface area (Å²) in [6, 6.07) is 9.74. The van der Waals surface area contributed by atoms with E-state index in [2.05, 4.69) is 22.1 Å². The fourth-order valence-corrected chi connectivity index (χ4v) is 2.81. The van der Waals surface area contributed by atoms with Gasteiger partial charge in [-0.15, -0.1) is 0 Å². The average molecular weight is 328 g/mol. The second-order valence-electron chi connectivity index (χ2n) is 6.21. The molecule has 0 radical (unpaired) electrons. The maximum Gasteiger partial charge on any atom is 0.254 e. The largest absolute Gasteiger partial charge is 0.366 e. The molecule has 6 nitrogen and oxygen atoms in total. The summed E-state index contributed by atoms with van der Waals surface area (Å²) >= 11 is 0. The minimum atomic E-state index is -0.413. The molecule has 2 aromatic rings. The van der Waals surface area contributed by atoms with Crippen molar-refractivity contribution in [3.05, 3.63) is 30.3 Å². The van der Waals surface area contributed by atoms with Crippen LogP contribution < -0.4 is 10.2 Å². The van der Waals surface area contributed by atoms with Crippen molar-refractivity contribution in [3.8, 4) is 0 Å². The number of carbonyl (C=O) groups is 1. The number of rotatable bonds is 4. The van der Waals surface area contributed by atoms with Gasteiger partial charge >= 0.3 is 0 Å². The molecule has 0 aliphatic carbocycles. The van der Waals surface area contributed by atoms with Gasteiger partial charge in [-0.3, -0.25) is 9.69 Å². The van der Waals surface area contributed by atoms with Crippen molar-refractivity contribution >= 4 is 28.3 Å². The third kappa shape index (κ3) is 3.66. The highest BCUT2D eigenvalue weighted by Crippen LogP contribution is 2.21. The van der Waals surface area contributed by atoms with Crippen LogP contribution in [0.25, 0.3) is 10.9 Å². The van der Waals surface area contributed by atoms with E-state index in [-0.39, 0.29) is 5.91 Å². The summed E-state index contributed by atoms with van der Waals surface area (Å²) in [6.07, 6.45) is -0.413. The van der Waals surface area contributed by atoms with E-state index < -0.39 is 6.10 Å². The van der Waals surface area contributed by atoms with Gasteiger partial charge in [0.25, 0.3) is 5.91 Å². The molecule has 128 valence electrons. The van der Waals surface area contributed by atoms with E-state index in [0.717, 1.165) is 35.5 Å². The van der Waals surface area contributed by atoms with E-state index in [1.807, 2.05) is 49.3 Å². The molecule has 1 unspecified atom stereocenters. The van der Waals surface area contributed by atoms with Gasteiger partial charge in [0, 0.05) is 38.3 Å². The predicted octanol–water partition coefficient (Wildman–Crippen LogP) is 1.96. The molecule has 24 heavy (non-hydrogen) atoms. The minimum Gasteiger partial charge on any atom is -0.366 e. The predicted molar refractivity (Wildman–Crippen MR) is 96.6 cm³/mol. The smallest absolute Gasteiger partial charge is 0.254 e. The fraction of sp³-hybridized carbons (Fsp3) is 0.444. The van der Waals surface area contributed by atoms with Crippen LogP contribution in [0.3, 0.4) is 0 Å². The van der Waals surface area contributed by atoms with E-state index in [9.17, 15) is 4.79 Å². The molecular formula is C18H24N4O2. The number of aromatic nitrogens is 1. The lowest BCUT2D eigenvalue weighted by Gasteiger charge is -2.31. The summed E-state index contributed by atoms with van der Waals surface area (Å²) < 4.78 is 5.60. The Morgan fingerprint density at radius 1 is 1.38 bits per heavy atom. The van der Waals surface area contributed by atoms with E-state index in [1.165, 1.54) is 0 Å². The fourth-order valence-electron chi connectivity index (χ4n) is 2.81. The first kappa shape index (κ1) is 16.7. The molecule has 1 aromatic heterocycles.